The van der Waals surface area contributed by atoms with Crippen LogP contribution in [0, 0.1) is 11.8 Å². The minimum atomic E-state index is -0.660. The van der Waals surface area contributed by atoms with Gasteiger partial charge < -0.3 is 29.9 Å². The van der Waals surface area contributed by atoms with Crippen molar-refractivity contribution in [1.29, 1.82) is 0 Å². The Bertz CT molecular complexity index is 1130. The first-order valence-corrected chi connectivity index (χ1v) is 11.8. The molecule has 2 aliphatic rings. The molecule has 1 saturated heterocycles. The molecule has 9 heteroatoms. The van der Waals surface area contributed by atoms with Gasteiger partial charge in [-0.3, -0.25) is 9.59 Å². The fraction of sp³-hybridized carbons (Fsp3) is 0.480. The molecule has 0 unspecified atom stereocenters. The number of hydrogen-bond donors (Lipinski definition) is 3. The van der Waals surface area contributed by atoms with Gasteiger partial charge in [0, 0.05) is 43.4 Å². The summed E-state index contributed by atoms with van der Waals surface area (Å²) in [5.74, 6) is -0.782. The number of rotatable bonds is 7. The number of aliphatic hydroxyl groups excluding tert-OH is 1. The van der Waals surface area contributed by atoms with Gasteiger partial charge in [0.2, 0.25) is 5.91 Å². The first-order valence-electron chi connectivity index (χ1n) is 11.8. The van der Waals surface area contributed by atoms with E-state index in [1.54, 1.807) is 28.7 Å². The second-order valence-corrected chi connectivity index (χ2v) is 8.71. The van der Waals surface area contributed by atoms with Crippen LogP contribution in [0.5, 0.6) is 5.75 Å². The number of urea groups is 1. The number of carbonyl (C=O) groups is 2. The lowest BCUT2D eigenvalue weighted by molar-refractivity contribution is -0.127. The number of hydrogen-bond acceptors (Lipinski definition) is 5. The lowest BCUT2D eigenvalue weighted by Gasteiger charge is -2.38. The number of aliphatic hydroxyl groups is 1. The van der Waals surface area contributed by atoms with E-state index in [0.717, 1.165) is 6.42 Å². The van der Waals surface area contributed by atoms with Gasteiger partial charge in [-0.05, 0) is 31.5 Å². The summed E-state index contributed by atoms with van der Waals surface area (Å²) in [5, 5.41) is 16.0. The highest BCUT2D eigenvalue weighted by Crippen LogP contribution is 2.48. The number of methoxy groups -OCH3 is 1. The fourth-order valence-electron chi connectivity index (χ4n) is 5.37. The van der Waals surface area contributed by atoms with Crippen LogP contribution < -0.4 is 20.9 Å². The Kier molecular flexibility index (Phi) is 6.92. The second kappa shape index (κ2) is 9.89. The molecule has 1 aromatic heterocycles. The van der Waals surface area contributed by atoms with Crippen LogP contribution in [0.15, 0.2) is 41.2 Å². The zero-order valence-corrected chi connectivity index (χ0v) is 19.8. The van der Waals surface area contributed by atoms with E-state index in [1.165, 1.54) is 0 Å². The number of ether oxygens (including phenoxy) is 1. The van der Waals surface area contributed by atoms with Crippen molar-refractivity contribution < 1.29 is 19.4 Å². The van der Waals surface area contributed by atoms with Gasteiger partial charge in [-0.15, -0.1) is 0 Å². The van der Waals surface area contributed by atoms with Gasteiger partial charge in [0.25, 0.3) is 5.56 Å². The van der Waals surface area contributed by atoms with Crippen LogP contribution in [0.4, 0.5) is 4.79 Å². The summed E-state index contributed by atoms with van der Waals surface area (Å²) in [6.07, 6.45) is 0.774. The summed E-state index contributed by atoms with van der Waals surface area (Å²) >= 11 is 0. The van der Waals surface area contributed by atoms with E-state index in [1.807, 2.05) is 38.1 Å². The standard InChI is InChI=1S/C25H32N4O5/c1-4-12-27-25(33)29-19-13-28-18(22(29)21(17(19)14-30)23(31)26-5-2)11-10-16(24(28)32)15-8-6-7-9-20(15)34-3/h6-11,17,19,21-22,30H,4-5,12-14H2,1-3H3,(H,26,31)(H,27,33)/t17-,19-,21+,22+/m1/s1. The number of pyridine rings is 1. The molecule has 0 radical (unpaired) electrons. The van der Waals surface area contributed by atoms with Crippen LogP contribution in [-0.2, 0) is 11.3 Å². The molecule has 4 rings (SSSR count). The maximum Gasteiger partial charge on any atom is 0.318 e. The second-order valence-electron chi connectivity index (χ2n) is 8.71. The zero-order valence-electron chi connectivity index (χ0n) is 19.8. The van der Waals surface area contributed by atoms with Crippen molar-refractivity contribution in [3.63, 3.8) is 0 Å². The molecule has 182 valence electrons. The molecule has 3 N–H and O–H groups in total. The number of fused-ring (bicyclic) bond motifs is 4. The largest absolute Gasteiger partial charge is 0.496 e. The van der Waals surface area contributed by atoms with Crippen LogP contribution in [0.3, 0.4) is 0 Å². The van der Waals surface area contributed by atoms with Gasteiger partial charge in [0.15, 0.2) is 0 Å². The molecule has 0 aliphatic carbocycles. The third-order valence-corrected chi connectivity index (χ3v) is 6.86. The van der Waals surface area contributed by atoms with Crippen molar-refractivity contribution in [2.75, 3.05) is 26.8 Å². The van der Waals surface area contributed by atoms with Crippen molar-refractivity contribution >= 4 is 11.9 Å². The molecule has 3 heterocycles. The predicted molar refractivity (Wildman–Crippen MR) is 127 cm³/mol. The number of benzene rings is 1. The Labute approximate surface area is 198 Å². The van der Waals surface area contributed by atoms with Crippen LogP contribution in [0.2, 0.25) is 0 Å². The van der Waals surface area contributed by atoms with E-state index in [-0.39, 0.29) is 30.6 Å². The molecule has 1 aromatic carbocycles. The zero-order chi connectivity index (χ0) is 24.4. The number of nitrogens with one attached hydrogen (secondary N) is 2. The predicted octanol–water partition coefficient (Wildman–Crippen LogP) is 1.74. The summed E-state index contributed by atoms with van der Waals surface area (Å²) in [4.78, 5) is 41.6. The first kappa shape index (κ1) is 23.8. The van der Waals surface area contributed by atoms with Gasteiger partial charge in [0.1, 0.15) is 5.75 Å². The summed E-state index contributed by atoms with van der Waals surface area (Å²) < 4.78 is 7.11. The van der Waals surface area contributed by atoms with Crippen LogP contribution in [0.25, 0.3) is 11.1 Å². The SMILES string of the molecule is CCCNC(=O)N1[C@@H]2Cn3c(ccc(-c4ccccc4OC)c3=O)[C@H]1[C@@H](C(=O)NCC)[C@@H]2CO. The minimum absolute atomic E-state index is 0.203. The molecule has 9 nitrogen and oxygen atoms in total. The van der Waals surface area contributed by atoms with Crippen molar-refractivity contribution in [2.24, 2.45) is 11.8 Å². The monoisotopic (exact) mass is 468 g/mol. The normalized spacial score (nSPS) is 22.8. The summed E-state index contributed by atoms with van der Waals surface area (Å²) in [6.45, 7) is 4.68. The summed E-state index contributed by atoms with van der Waals surface area (Å²) in [5.41, 5.74) is 1.55. The van der Waals surface area contributed by atoms with Gasteiger partial charge in [-0.25, -0.2) is 4.79 Å². The van der Waals surface area contributed by atoms with E-state index in [9.17, 15) is 19.5 Å². The summed E-state index contributed by atoms with van der Waals surface area (Å²) in [6, 6.07) is 9.44. The molecule has 1 fully saturated rings. The van der Waals surface area contributed by atoms with Gasteiger partial charge in [0.05, 0.1) is 30.7 Å². The van der Waals surface area contributed by atoms with E-state index < -0.39 is 23.9 Å². The Morgan fingerprint density at radius 3 is 2.56 bits per heavy atom. The van der Waals surface area contributed by atoms with Crippen molar-refractivity contribution in [2.45, 2.75) is 38.9 Å². The Morgan fingerprint density at radius 2 is 1.88 bits per heavy atom. The molecule has 4 atom stereocenters. The molecule has 3 amide bonds. The third-order valence-electron chi connectivity index (χ3n) is 6.86. The Morgan fingerprint density at radius 1 is 1.12 bits per heavy atom. The number of para-hydroxylation sites is 1. The molecular weight excluding hydrogens is 436 g/mol. The topological polar surface area (TPSA) is 113 Å². The lowest BCUT2D eigenvalue weighted by atomic mass is 9.86. The van der Waals surface area contributed by atoms with E-state index in [2.05, 4.69) is 10.6 Å². The molecule has 0 spiro atoms. The minimum Gasteiger partial charge on any atom is -0.496 e. The molecule has 0 saturated carbocycles. The average molecular weight is 469 g/mol. The highest BCUT2D eigenvalue weighted by atomic mass is 16.5. The first-order chi connectivity index (χ1) is 16.5. The lowest BCUT2D eigenvalue weighted by Crippen LogP contribution is -2.52. The van der Waals surface area contributed by atoms with Gasteiger partial charge in [-0.2, -0.15) is 0 Å². The van der Waals surface area contributed by atoms with Crippen LogP contribution in [0.1, 0.15) is 32.0 Å². The Hall–Kier alpha value is -3.33. The van der Waals surface area contributed by atoms with Gasteiger partial charge >= 0.3 is 6.03 Å². The van der Waals surface area contributed by atoms with E-state index >= 15 is 0 Å². The highest BCUT2D eigenvalue weighted by Gasteiger charge is 2.57. The quantitative estimate of drug-likeness (QED) is 0.573. The number of nitrogens with zero attached hydrogens (tertiary/aromatic N) is 2. The van der Waals surface area contributed by atoms with Crippen LogP contribution in [-0.4, -0.2) is 59.4 Å². The Balaban J connectivity index is 1.86. The summed E-state index contributed by atoms with van der Waals surface area (Å²) in [7, 11) is 1.56. The number of amides is 3. The van der Waals surface area contributed by atoms with E-state index in [4.69, 9.17) is 4.74 Å². The van der Waals surface area contributed by atoms with Gasteiger partial charge in [-0.1, -0.05) is 25.1 Å². The van der Waals surface area contributed by atoms with Crippen LogP contribution >= 0.6 is 0 Å². The average Bonchev–Trinajstić information content (AvgIpc) is 3.09. The molecule has 2 aromatic rings. The smallest absolute Gasteiger partial charge is 0.318 e. The number of carbonyl (C=O) groups excluding carboxylic acids is 2. The molecule has 2 aliphatic heterocycles. The fourth-order valence-corrected chi connectivity index (χ4v) is 5.37. The van der Waals surface area contributed by atoms with E-state index in [0.29, 0.717) is 35.7 Å². The maximum atomic E-state index is 13.7. The maximum absolute atomic E-state index is 13.7. The van der Waals surface area contributed by atoms with Crippen molar-refractivity contribution in [1.82, 2.24) is 20.1 Å². The molecule has 2 bridgehead atoms. The van der Waals surface area contributed by atoms with Crippen molar-refractivity contribution in [3.05, 3.63) is 52.4 Å². The number of aromatic nitrogens is 1. The molecule has 34 heavy (non-hydrogen) atoms. The third kappa shape index (κ3) is 3.83. The van der Waals surface area contributed by atoms with Crippen molar-refractivity contribution in [3.8, 4) is 16.9 Å². The molecular formula is C25H32N4O5. The highest BCUT2D eigenvalue weighted by molar-refractivity contribution is 5.84.